The van der Waals surface area contributed by atoms with Crippen LogP contribution >= 0.6 is 0 Å². The minimum absolute atomic E-state index is 0.0465. The monoisotopic (exact) mass is 291 g/mol. The van der Waals surface area contributed by atoms with Crippen molar-refractivity contribution in [3.63, 3.8) is 0 Å². The van der Waals surface area contributed by atoms with E-state index in [0.717, 1.165) is 6.42 Å². The van der Waals surface area contributed by atoms with Gasteiger partial charge in [0, 0.05) is 20.6 Å². The van der Waals surface area contributed by atoms with Crippen LogP contribution in [-0.2, 0) is 22.6 Å². The molecule has 1 aromatic rings. The first-order chi connectivity index (χ1) is 9.92. The van der Waals surface area contributed by atoms with Crippen molar-refractivity contribution < 1.29 is 9.59 Å². The fourth-order valence-electron chi connectivity index (χ4n) is 1.88. The van der Waals surface area contributed by atoms with Crippen LogP contribution in [0.15, 0.2) is 24.3 Å². The number of nitrogens with one attached hydrogen (secondary N) is 1. The molecule has 0 radical (unpaired) electrons. The van der Waals surface area contributed by atoms with Crippen LogP contribution in [0.1, 0.15) is 18.1 Å². The molecule has 0 saturated carbocycles. The summed E-state index contributed by atoms with van der Waals surface area (Å²) in [5.41, 5.74) is 2.48. The zero-order valence-corrected chi connectivity index (χ0v) is 13.3. The largest absolute Gasteiger partial charge is 0.347 e. The van der Waals surface area contributed by atoms with Crippen molar-refractivity contribution in [3.8, 4) is 0 Å². The van der Waals surface area contributed by atoms with E-state index >= 15 is 0 Å². The maximum Gasteiger partial charge on any atom is 0.241 e. The quantitative estimate of drug-likeness (QED) is 0.811. The number of nitrogens with zero attached hydrogens (tertiary/aromatic N) is 2. The summed E-state index contributed by atoms with van der Waals surface area (Å²) < 4.78 is 0. The SMILES string of the molecule is CCc1ccc(CN(C)CC(=O)NCC(=O)N(C)C)cc1. The molecule has 1 aromatic carbocycles. The number of hydrogen-bond acceptors (Lipinski definition) is 3. The van der Waals surface area contributed by atoms with Crippen molar-refractivity contribution in [2.45, 2.75) is 19.9 Å². The van der Waals surface area contributed by atoms with E-state index in [9.17, 15) is 9.59 Å². The summed E-state index contributed by atoms with van der Waals surface area (Å²) in [6, 6.07) is 8.39. The number of benzene rings is 1. The Morgan fingerprint density at radius 1 is 1.05 bits per heavy atom. The van der Waals surface area contributed by atoms with Gasteiger partial charge in [-0.1, -0.05) is 31.2 Å². The molecule has 0 saturated heterocycles. The molecule has 0 fully saturated rings. The maximum absolute atomic E-state index is 11.7. The van der Waals surface area contributed by atoms with E-state index in [-0.39, 0.29) is 24.9 Å². The standard InChI is InChI=1S/C16H25N3O2/c1-5-13-6-8-14(9-7-13)11-19(4)12-15(20)17-10-16(21)18(2)3/h6-9H,5,10-12H2,1-4H3,(H,17,20). The lowest BCUT2D eigenvalue weighted by Gasteiger charge is -2.17. The van der Waals surface area contributed by atoms with E-state index in [1.807, 2.05) is 11.9 Å². The molecular formula is C16H25N3O2. The number of carbonyl (C=O) groups excluding carboxylic acids is 2. The van der Waals surface area contributed by atoms with Crippen LogP contribution in [0.3, 0.4) is 0 Å². The van der Waals surface area contributed by atoms with Gasteiger partial charge in [0.15, 0.2) is 0 Å². The Balaban J connectivity index is 2.36. The second-order valence-corrected chi connectivity index (χ2v) is 5.41. The molecule has 0 aliphatic carbocycles. The number of rotatable bonds is 7. The van der Waals surface area contributed by atoms with E-state index < -0.39 is 0 Å². The Kier molecular flexibility index (Phi) is 6.88. The normalized spacial score (nSPS) is 10.5. The first kappa shape index (κ1) is 17.2. The second kappa shape index (κ2) is 8.42. The maximum atomic E-state index is 11.7. The summed E-state index contributed by atoms with van der Waals surface area (Å²) in [6.07, 6.45) is 1.03. The molecule has 0 unspecified atom stereocenters. The van der Waals surface area contributed by atoms with Crippen LogP contribution < -0.4 is 5.32 Å². The molecule has 1 rings (SSSR count). The first-order valence-electron chi connectivity index (χ1n) is 7.15. The summed E-state index contributed by atoms with van der Waals surface area (Å²) in [4.78, 5) is 26.5. The summed E-state index contributed by atoms with van der Waals surface area (Å²) in [5.74, 6) is -0.251. The zero-order chi connectivity index (χ0) is 15.8. The minimum atomic E-state index is -0.141. The Morgan fingerprint density at radius 2 is 1.62 bits per heavy atom. The molecular weight excluding hydrogens is 266 g/mol. The molecule has 1 N–H and O–H groups in total. The van der Waals surface area contributed by atoms with Gasteiger partial charge >= 0.3 is 0 Å². The highest BCUT2D eigenvalue weighted by Gasteiger charge is 2.09. The van der Waals surface area contributed by atoms with E-state index in [4.69, 9.17) is 0 Å². The fraction of sp³-hybridized carbons (Fsp3) is 0.500. The highest BCUT2D eigenvalue weighted by molar-refractivity contribution is 5.85. The summed E-state index contributed by atoms with van der Waals surface area (Å²) in [6.45, 7) is 3.15. The van der Waals surface area contributed by atoms with Crippen molar-refractivity contribution >= 4 is 11.8 Å². The number of carbonyl (C=O) groups is 2. The van der Waals surface area contributed by atoms with Gasteiger partial charge in [-0.2, -0.15) is 0 Å². The van der Waals surface area contributed by atoms with E-state index in [1.54, 1.807) is 14.1 Å². The molecule has 0 spiro atoms. The van der Waals surface area contributed by atoms with Gasteiger partial charge < -0.3 is 10.2 Å². The average Bonchev–Trinajstić information content (AvgIpc) is 2.45. The van der Waals surface area contributed by atoms with Gasteiger partial charge in [-0.3, -0.25) is 14.5 Å². The van der Waals surface area contributed by atoms with Crippen LogP contribution in [-0.4, -0.2) is 55.8 Å². The third kappa shape index (κ3) is 6.40. The van der Waals surface area contributed by atoms with E-state index in [1.165, 1.54) is 16.0 Å². The highest BCUT2D eigenvalue weighted by atomic mass is 16.2. The second-order valence-electron chi connectivity index (χ2n) is 5.41. The lowest BCUT2D eigenvalue weighted by atomic mass is 10.1. The van der Waals surface area contributed by atoms with Crippen LogP contribution in [0.5, 0.6) is 0 Å². The van der Waals surface area contributed by atoms with Gasteiger partial charge in [0.1, 0.15) is 0 Å². The van der Waals surface area contributed by atoms with Crippen molar-refractivity contribution in [3.05, 3.63) is 35.4 Å². The van der Waals surface area contributed by atoms with Gasteiger partial charge in [0.05, 0.1) is 13.1 Å². The van der Waals surface area contributed by atoms with Crippen molar-refractivity contribution in [2.75, 3.05) is 34.2 Å². The van der Waals surface area contributed by atoms with Crippen LogP contribution in [0.2, 0.25) is 0 Å². The molecule has 21 heavy (non-hydrogen) atoms. The smallest absolute Gasteiger partial charge is 0.241 e. The lowest BCUT2D eigenvalue weighted by molar-refractivity contribution is -0.131. The molecule has 0 atom stereocenters. The molecule has 0 aliphatic rings. The Morgan fingerprint density at radius 3 is 2.14 bits per heavy atom. The van der Waals surface area contributed by atoms with Gasteiger partial charge in [0.2, 0.25) is 11.8 Å². The molecule has 0 aliphatic heterocycles. The predicted octanol–water partition coefficient (Wildman–Crippen LogP) is 0.885. The van der Waals surface area contributed by atoms with Crippen molar-refractivity contribution in [1.82, 2.24) is 15.1 Å². The van der Waals surface area contributed by atoms with Crippen molar-refractivity contribution in [2.24, 2.45) is 0 Å². The van der Waals surface area contributed by atoms with E-state index in [0.29, 0.717) is 6.54 Å². The Hall–Kier alpha value is -1.88. The van der Waals surface area contributed by atoms with E-state index in [2.05, 4.69) is 36.5 Å². The molecule has 5 nitrogen and oxygen atoms in total. The van der Waals surface area contributed by atoms with Crippen LogP contribution in [0.4, 0.5) is 0 Å². The summed E-state index contributed by atoms with van der Waals surface area (Å²) in [5, 5.41) is 2.63. The molecule has 2 amide bonds. The third-order valence-corrected chi connectivity index (χ3v) is 3.23. The molecule has 0 heterocycles. The van der Waals surface area contributed by atoms with Gasteiger partial charge in [0.25, 0.3) is 0 Å². The summed E-state index contributed by atoms with van der Waals surface area (Å²) in [7, 11) is 5.22. The number of hydrogen-bond donors (Lipinski definition) is 1. The van der Waals surface area contributed by atoms with Gasteiger partial charge in [-0.15, -0.1) is 0 Å². The number of amides is 2. The number of likely N-dealkylation sites (N-methyl/N-ethyl adjacent to an activating group) is 2. The summed E-state index contributed by atoms with van der Waals surface area (Å²) >= 11 is 0. The van der Waals surface area contributed by atoms with Crippen LogP contribution in [0, 0.1) is 0 Å². The third-order valence-electron chi connectivity index (χ3n) is 3.23. The zero-order valence-electron chi connectivity index (χ0n) is 13.3. The Labute approximate surface area is 126 Å². The topological polar surface area (TPSA) is 52.7 Å². The number of aryl methyl sites for hydroxylation is 1. The van der Waals surface area contributed by atoms with Gasteiger partial charge in [-0.25, -0.2) is 0 Å². The highest BCUT2D eigenvalue weighted by Crippen LogP contribution is 2.07. The van der Waals surface area contributed by atoms with Crippen molar-refractivity contribution in [1.29, 1.82) is 0 Å². The fourth-order valence-corrected chi connectivity index (χ4v) is 1.88. The molecule has 0 aromatic heterocycles. The Bertz CT molecular complexity index is 469. The van der Waals surface area contributed by atoms with Crippen LogP contribution in [0.25, 0.3) is 0 Å². The minimum Gasteiger partial charge on any atom is -0.347 e. The van der Waals surface area contributed by atoms with Gasteiger partial charge in [-0.05, 0) is 24.6 Å². The molecule has 5 heteroatoms. The molecule has 0 bridgehead atoms. The first-order valence-corrected chi connectivity index (χ1v) is 7.15. The lowest BCUT2D eigenvalue weighted by Crippen LogP contribution is -2.40. The average molecular weight is 291 g/mol. The predicted molar refractivity (Wildman–Crippen MR) is 83.9 cm³/mol. The molecule has 116 valence electrons.